The molecule has 2 unspecified atom stereocenters. The van der Waals surface area contributed by atoms with Gasteiger partial charge in [-0.15, -0.1) is 0 Å². The molecule has 1 spiro atoms. The third kappa shape index (κ3) is 3.39. The van der Waals surface area contributed by atoms with E-state index in [-0.39, 0.29) is 0 Å². The number of hydrogen-bond acceptors (Lipinski definition) is 5. The fraction of sp³-hybridized carbons (Fsp3) is 0.211. The number of rotatable bonds is 0. The standard InChI is InChI=1S/C38H30N4O.Pt/c1-3-15-34-32(13-1)33-14-2-4-16-35(33)38(34)29-10-8-12-31(24-29)43-30-11-7-9-28(23-30)25-39-19-20-40(26-39)36-17-5-6-18-37(36)41-21-22-42(38)27-41;/h1-4,7-16,19-22,36-37H,5-6,17-18,25H2;/q-2;. The van der Waals surface area contributed by atoms with Crippen LogP contribution in [0.4, 0.5) is 0 Å². The molecule has 0 radical (unpaired) electrons. The van der Waals surface area contributed by atoms with Gasteiger partial charge in [-0.25, -0.2) is 0 Å². The van der Waals surface area contributed by atoms with Gasteiger partial charge in [-0.2, -0.15) is 0 Å². The fourth-order valence-corrected chi connectivity index (χ4v) is 11.8. The topological polar surface area (TPSA) is 22.2 Å². The van der Waals surface area contributed by atoms with E-state index in [0.717, 1.165) is 23.4 Å². The predicted molar refractivity (Wildman–Crippen MR) is 168 cm³/mol. The molecule has 0 N–H and O–H groups in total. The van der Waals surface area contributed by atoms with E-state index in [1.165, 1.54) is 56.2 Å². The normalized spacial score (nSPS) is 23.5. The van der Waals surface area contributed by atoms with Crippen LogP contribution in [0.5, 0.6) is 11.5 Å². The van der Waals surface area contributed by atoms with E-state index in [1.54, 1.807) is 0 Å². The van der Waals surface area contributed by atoms with E-state index in [9.17, 15) is 0 Å². The van der Waals surface area contributed by atoms with Crippen LogP contribution in [0.25, 0.3) is 11.1 Å². The van der Waals surface area contributed by atoms with Crippen molar-refractivity contribution in [3.8, 4) is 22.6 Å². The number of benzene rings is 4. The number of nitrogens with zero attached hydrogens (tertiary/aromatic N) is 4. The zero-order valence-electron chi connectivity index (χ0n) is 24.1. The molecule has 220 valence electrons. The summed E-state index contributed by atoms with van der Waals surface area (Å²) < 4.78 is 9.42. The molecule has 4 aliphatic heterocycles. The van der Waals surface area contributed by atoms with Gasteiger partial charge in [0.1, 0.15) is 0 Å². The SMILES string of the molecule is [c-]1c2cccc1Oc1[c-]c(ccc1)C1(c3ccccc3-c3ccccc31)N1C=CN3[C]1=[Pt]=[C]1N(C=CN1C1CCCCC13)C2. The molecule has 4 heterocycles. The minimum atomic E-state index is -0.595. The number of fused-ring (bicyclic) bond motifs is 14. The van der Waals surface area contributed by atoms with Crippen molar-refractivity contribution in [2.75, 3.05) is 0 Å². The van der Waals surface area contributed by atoms with E-state index in [1.807, 2.05) is 12.1 Å². The van der Waals surface area contributed by atoms with Gasteiger partial charge < -0.3 is 0 Å². The summed E-state index contributed by atoms with van der Waals surface area (Å²) >= 11 is -0.595. The molecule has 2 atom stereocenters. The molecule has 0 saturated heterocycles. The number of hydrogen-bond donors (Lipinski definition) is 0. The van der Waals surface area contributed by atoms with E-state index in [4.69, 9.17) is 4.74 Å². The molecule has 6 aliphatic rings. The van der Waals surface area contributed by atoms with Gasteiger partial charge in [0.15, 0.2) is 0 Å². The van der Waals surface area contributed by atoms with Crippen molar-refractivity contribution < 1.29 is 22.4 Å². The molecule has 0 amide bonds. The van der Waals surface area contributed by atoms with Gasteiger partial charge >= 0.3 is 267 Å². The fourth-order valence-electron chi connectivity index (χ4n) is 8.14. The van der Waals surface area contributed by atoms with Gasteiger partial charge in [-0.3, -0.25) is 0 Å². The molecule has 1 saturated carbocycles. The Morgan fingerprint density at radius 1 is 0.659 bits per heavy atom. The van der Waals surface area contributed by atoms with Crippen LogP contribution in [-0.2, 0) is 29.7 Å². The second-order valence-electron chi connectivity index (χ2n) is 12.3. The molecule has 1 fully saturated rings. The summed E-state index contributed by atoms with van der Waals surface area (Å²) in [6, 6.07) is 38.9. The number of ether oxygens (including phenoxy) is 1. The van der Waals surface area contributed by atoms with Crippen LogP contribution in [0.2, 0.25) is 0 Å². The van der Waals surface area contributed by atoms with Crippen molar-refractivity contribution in [3.63, 3.8) is 0 Å². The second kappa shape index (κ2) is 9.39. The Hall–Kier alpha value is -4.21. The van der Waals surface area contributed by atoms with Crippen LogP contribution in [0, 0.1) is 12.1 Å². The van der Waals surface area contributed by atoms with Crippen molar-refractivity contribution in [3.05, 3.63) is 144 Å². The van der Waals surface area contributed by atoms with Gasteiger partial charge in [0.05, 0.1) is 0 Å². The van der Waals surface area contributed by atoms with Crippen LogP contribution in [0.1, 0.15) is 47.9 Å². The molecule has 6 bridgehead atoms. The van der Waals surface area contributed by atoms with E-state index in [0.29, 0.717) is 17.8 Å². The first-order chi connectivity index (χ1) is 21.8. The average molecular weight is 754 g/mol. The first-order valence-electron chi connectivity index (χ1n) is 15.5. The van der Waals surface area contributed by atoms with Gasteiger partial charge in [-0.05, 0) is 0 Å². The molecule has 10 rings (SSSR count). The van der Waals surface area contributed by atoms with Crippen molar-refractivity contribution in [2.45, 2.75) is 49.9 Å². The van der Waals surface area contributed by atoms with Crippen molar-refractivity contribution in [1.29, 1.82) is 0 Å². The summed E-state index contributed by atoms with van der Waals surface area (Å²) in [4.78, 5) is 10.5. The van der Waals surface area contributed by atoms with E-state index in [2.05, 4.69) is 129 Å². The van der Waals surface area contributed by atoms with Crippen LogP contribution in [0.15, 0.2) is 110 Å². The minimum absolute atomic E-state index is 0.440. The van der Waals surface area contributed by atoms with E-state index < -0.39 is 23.2 Å². The van der Waals surface area contributed by atoms with Gasteiger partial charge in [0.2, 0.25) is 0 Å². The van der Waals surface area contributed by atoms with E-state index >= 15 is 0 Å². The molecule has 0 aromatic heterocycles. The molecule has 5 nitrogen and oxygen atoms in total. The molecule has 6 heteroatoms. The predicted octanol–water partition coefficient (Wildman–Crippen LogP) is 6.62. The average Bonchev–Trinajstić information content (AvgIpc) is 3.72. The second-order valence-corrected chi connectivity index (χ2v) is 14.9. The maximum absolute atomic E-state index is 6.53. The maximum atomic E-state index is 6.53. The summed E-state index contributed by atoms with van der Waals surface area (Å²) in [7, 11) is 0. The Morgan fingerprint density at radius 3 is 2.09 bits per heavy atom. The first-order valence-corrected chi connectivity index (χ1v) is 17.8. The first kappa shape index (κ1) is 25.1. The Bertz CT molecular complexity index is 1940. The Morgan fingerprint density at radius 2 is 1.32 bits per heavy atom. The summed E-state index contributed by atoms with van der Waals surface area (Å²) in [5.74, 6) is 1.43. The third-order valence-corrected chi connectivity index (χ3v) is 13.4. The Kier molecular flexibility index (Phi) is 5.37. The van der Waals surface area contributed by atoms with Gasteiger partial charge in [0.25, 0.3) is 0 Å². The van der Waals surface area contributed by atoms with Crippen molar-refractivity contribution in [2.24, 2.45) is 0 Å². The van der Waals surface area contributed by atoms with Gasteiger partial charge in [0, 0.05) is 0 Å². The Labute approximate surface area is 265 Å². The molecule has 4 aromatic rings. The van der Waals surface area contributed by atoms with Gasteiger partial charge in [-0.1, -0.05) is 0 Å². The molecule has 2 aliphatic carbocycles. The zero-order valence-corrected chi connectivity index (χ0v) is 26.4. The summed E-state index contributed by atoms with van der Waals surface area (Å²) in [6.45, 7) is 0.776. The monoisotopic (exact) mass is 753 g/mol. The third-order valence-electron chi connectivity index (χ3n) is 9.96. The quantitative estimate of drug-likeness (QED) is 0.188. The molecule has 44 heavy (non-hydrogen) atoms. The van der Waals surface area contributed by atoms with Crippen LogP contribution < -0.4 is 4.74 Å². The van der Waals surface area contributed by atoms with Crippen LogP contribution in [0.3, 0.4) is 0 Å². The van der Waals surface area contributed by atoms with Crippen LogP contribution in [-0.4, -0.2) is 40.0 Å². The molecular formula is C38H30N4OPt-2. The summed E-state index contributed by atoms with van der Waals surface area (Å²) in [5, 5.41) is 0. The van der Waals surface area contributed by atoms with Crippen molar-refractivity contribution >= 4 is 8.29 Å². The van der Waals surface area contributed by atoms with Crippen molar-refractivity contribution in [1.82, 2.24) is 19.6 Å². The summed E-state index contributed by atoms with van der Waals surface area (Å²) in [6.07, 6.45) is 14.4. The van der Waals surface area contributed by atoms with Crippen LogP contribution >= 0.6 is 0 Å². The Balaban J connectivity index is 1.31. The molecule has 4 aromatic carbocycles. The zero-order chi connectivity index (χ0) is 28.8. The summed E-state index contributed by atoms with van der Waals surface area (Å²) in [5.41, 5.74) is 6.81. The molecular weight excluding hydrogens is 724 g/mol.